The third-order valence-corrected chi connectivity index (χ3v) is 5.93. The first-order chi connectivity index (χ1) is 7.49. The van der Waals surface area contributed by atoms with E-state index in [1.165, 1.54) is 12.8 Å². The summed E-state index contributed by atoms with van der Waals surface area (Å²) in [5.74, 6) is 1.02. The number of sulfonamides is 1. The van der Waals surface area contributed by atoms with Crippen LogP contribution in [0.1, 0.15) is 32.6 Å². The Labute approximate surface area is 110 Å². The number of hydrogen-bond acceptors (Lipinski definition) is 3. The molecule has 2 fully saturated rings. The molecule has 0 aromatic rings. The van der Waals surface area contributed by atoms with Gasteiger partial charge in [-0.1, -0.05) is 19.8 Å². The molecule has 0 radical (unpaired) electrons. The van der Waals surface area contributed by atoms with Crippen LogP contribution in [0.25, 0.3) is 0 Å². The lowest BCUT2D eigenvalue weighted by Crippen LogP contribution is -2.35. The third-order valence-electron chi connectivity index (χ3n) is 3.95. The fourth-order valence-corrected chi connectivity index (χ4v) is 4.76. The van der Waals surface area contributed by atoms with Crippen LogP contribution in [0.2, 0.25) is 0 Å². The van der Waals surface area contributed by atoms with Crippen LogP contribution in [0.4, 0.5) is 0 Å². The maximum Gasteiger partial charge on any atom is 0.214 e. The van der Waals surface area contributed by atoms with Crippen LogP contribution < -0.4 is 5.73 Å². The molecule has 0 aromatic carbocycles. The van der Waals surface area contributed by atoms with Crippen molar-refractivity contribution in [1.82, 2.24) is 4.31 Å². The standard InChI is InChI=1S/C11H22N2O2S.ClH/c1-9-6-13(7-11(9)12)16(14,15)8-10-4-2-3-5-10;/h9-11H,2-8,12H2,1H3;1H. The molecule has 1 heterocycles. The molecule has 4 nitrogen and oxygen atoms in total. The van der Waals surface area contributed by atoms with Crippen LogP contribution in [-0.2, 0) is 10.0 Å². The molecule has 1 aliphatic carbocycles. The molecule has 2 atom stereocenters. The van der Waals surface area contributed by atoms with Gasteiger partial charge in [-0.25, -0.2) is 12.7 Å². The van der Waals surface area contributed by atoms with Gasteiger partial charge in [0.05, 0.1) is 5.75 Å². The van der Waals surface area contributed by atoms with Gasteiger partial charge in [0, 0.05) is 19.1 Å². The van der Waals surface area contributed by atoms with Crippen LogP contribution in [0, 0.1) is 11.8 Å². The van der Waals surface area contributed by atoms with Gasteiger partial charge in [0.15, 0.2) is 0 Å². The molecule has 2 N–H and O–H groups in total. The number of hydrogen-bond donors (Lipinski definition) is 1. The summed E-state index contributed by atoms with van der Waals surface area (Å²) in [7, 11) is -3.06. The Morgan fingerprint density at radius 1 is 1.24 bits per heavy atom. The van der Waals surface area contributed by atoms with Gasteiger partial charge in [-0.2, -0.15) is 0 Å². The van der Waals surface area contributed by atoms with Crippen LogP contribution in [0.3, 0.4) is 0 Å². The summed E-state index contributed by atoms with van der Waals surface area (Å²) < 4.78 is 25.9. The smallest absolute Gasteiger partial charge is 0.214 e. The molecule has 1 saturated heterocycles. The van der Waals surface area contributed by atoms with Crippen LogP contribution in [0.5, 0.6) is 0 Å². The fourth-order valence-electron chi connectivity index (χ4n) is 2.75. The highest BCUT2D eigenvalue weighted by atomic mass is 35.5. The number of nitrogens with zero attached hydrogens (tertiary/aromatic N) is 1. The van der Waals surface area contributed by atoms with Gasteiger partial charge in [-0.15, -0.1) is 12.4 Å². The molecular weight excluding hydrogens is 260 g/mol. The van der Waals surface area contributed by atoms with E-state index < -0.39 is 10.0 Å². The maximum absolute atomic E-state index is 12.2. The molecule has 1 saturated carbocycles. The molecule has 102 valence electrons. The molecule has 2 rings (SSSR count). The molecule has 0 bridgehead atoms. The van der Waals surface area contributed by atoms with Crippen LogP contribution in [-0.4, -0.2) is 37.6 Å². The van der Waals surface area contributed by atoms with Gasteiger partial charge in [0.1, 0.15) is 0 Å². The molecule has 2 aliphatic rings. The van der Waals surface area contributed by atoms with Crippen LogP contribution in [0.15, 0.2) is 0 Å². The van der Waals surface area contributed by atoms with Crippen molar-refractivity contribution in [1.29, 1.82) is 0 Å². The SMILES string of the molecule is CC1CN(S(=O)(=O)CC2CCCC2)CC1N.Cl. The maximum atomic E-state index is 12.2. The monoisotopic (exact) mass is 282 g/mol. The van der Waals surface area contributed by atoms with Crippen molar-refractivity contribution in [3.8, 4) is 0 Å². The fraction of sp³-hybridized carbons (Fsp3) is 1.00. The molecule has 0 amide bonds. The Balaban J connectivity index is 0.00000144. The predicted octanol–water partition coefficient (Wildman–Crippen LogP) is 1.21. The van der Waals surface area contributed by atoms with E-state index in [0.29, 0.717) is 30.7 Å². The summed E-state index contributed by atoms with van der Waals surface area (Å²) in [6.07, 6.45) is 4.54. The van der Waals surface area contributed by atoms with Gasteiger partial charge in [-0.05, 0) is 24.7 Å². The zero-order valence-corrected chi connectivity index (χ0v) is 12.0. The van der Waals surface area contributed by atoms with Crippen molar-refractivity contribution in [2.45, 2.75) is 38.6 Å². The van der Waals surface area contributed by atoms with E-state index >= 15 is 0 Å². The number of nitrogens with two attached hydrogens (primary N) is 1. The topological polar surface area (TPSA) is 63.4 Å². The van der Waals surface area contributed by atoms with E-state index in [2.05, 4.69) is 0 Å². The summed E-state index contributed by atoms with van der Waals surface area (Å²) in [6, 6.07) is 0.0124. The van der Waals surface area contributed by atoms with Crippen molar-refractivity contribution >= 4 is 22.4 Å². The first-order valence-electron chi connectivity index (χ1n) is 6.22. The Morgan fingerprint density at radius 3 is 2.29 bits per heavy atom. The summed E-state index contributed by atoms with van der Waals surface area (Å²) >= 11 is 0. The van der Waals surface area contributed by atoms with Gasteiger partial charge in [-0.3, -0.25) is 0 Å². The van der Waals surface area contributed by atoms with E-state index in [1.807, 2.05) is 6.92 Å². The molecule has 2 unspecified atom stereocenters. The van der Waals surface area contributed by atoms with Crippen LogP contribution >= 0.6 is 12.4 Å². The highest BCUT2D eigenvalue weighted by Gasteiger charge is 2.35. The van der Waals surface area contributed by atoms with E-state index in [1.54, 1.807) is 4.31 Å². The minimum absolute atomic E-state index is 0. The second-order valence-electron chi connectivity index (χ2n) is 5.39. The van der Waals surface area contributed by atoms with E-state index in [-0.39, 0.29) is 18.4 Å². The average Bonchev–Trinajstić information content (AvgIpc) is 2.78. The number of halogens is 1. The zero-order chi connectivity index (χ0) is 11.8. The van der Waals surface area contributed by atoms with Gasteiger partial charge in [0.25, 0.3) is 0 Å². The van der Waals surface area contributed by atoms with Crippen molar-refractivity contribution < 1.29 is 8.42 Å². The average molecular weight is 283 g/mol. The highest BCUT2D eigenvalue weighted by molar-refractivity contribution is 7.89. The summed E-state index contributed by atoms with van der Waals surface area (Å²) in [6.45, 7) is 3.14. The summed E-state index contributed by atoms with van der Waals surface area (Å²) in [5, 5.41) is 0. The normalized spacial score (nSPS) is 31.6. The van der Waals surface area contributed by atoms with E-state index in [9.17, 15) is 8.42 Å². The molecule has 1 aliphatic heterocycles. The minimum atomic E-state index is -3.06. The van der Waals surface area contributed by atoms with Gasteiger partial charge >= 0.3 is 0 Å². The van der Waals surface area contributed by atoms with E-state index in [4.69, 9.17) is 5.73 Å². The second kappa shape index (κ2) is 5.87. The quantitative estimate of drug-likeness (QED) is 0.846. The largest absolute Gasteiger partial charge is 0.326 e. The Hall–Kier alpha value is 0.160. The molecule has 6 heteroatoms. The molecule has 0 aromatic heterocycles. The molecule has 17 heavy (non-hydrogen) atoms. The lowest BCUT2D eigenvalue weighted by atomic mass is 10.1. The first kappa shape index (κ1) is 15.2. The molecule has 0 spiro atoms. The Morgan fingerprint density at radius 2 is 1.82 bits per heavy atom. The van der Waals surface area contributed by atoms with Gasteiger partial charge in [0.2, 0.25) is 10.0 Å². The Kier molecular flexibility index (Phi) is 5.25. The van der Waals surface area contributed by atoms with Crippen molar-refractivity contribution in [2.75, 3.05) is 18.8 Å². The van der Waals surface area contributed by atoms with Crippen molar-refractivity contribution in [3.05, 3.63) is 0 Å². The van der Waals surface area contributed by atoms with Gasteiger partial charge < -0.3 is 5.73 Å². The lowest BCUT2D eigenvalue weighted by molar-refractivity contribution is 0.452. The second-order valence-corrected chi connectivity index (χ2v) is 7.40. The summed E-state index contributed by atoms with van der Waals surface area (Å²) in [4.78, 5) is 0. The zero-order valence-electron chi connectivity index (χ0n) is 10.3. The number of rotatable bonds is 3. The lowest BCUT2D eigenvalue weighted by Gasteiger charge is -2.18. The first-order valence-corrected chi connectivity index (χ1v) is 7.83. The highest BCUT2D eigenvalue weighted by Crippen LogP contribution is 2.28. The van der Waals surface area contributed by atoms with E-state index in [0.717, 1.165) is 12.8 Å². The van der Waals surface area contributed by atoms with Crippen molar-refractivity contribution in [2.24, 2.45) is 17.6 Å². The molecular formula is C11H23ClN2O2S. The minimum Gasteiger partial charge on any atom is -0.326 e. The Bertz CT molecular complexity index is 331. The van der Waals surface area contributed by atoms with Crippen molar-refractivity contribution in [3.63, 3.8) is 0 Å². The third kappa shape index (κ3) is 3.56. The summed E-state index contributed by atoms with van der Waals surface area (Å²) in [5.41, 5.74) is 5.87. The predicted molar refractivity (Wildman–Crippen MR) is 71.7 cm³/mol.